The predicted molar refractivity (Wildman–Crippen MR) is 67.0 cm³/mol. The number of carbonyl (C=O) groups is 1. The Morgan fingerprint density at radius 2 is 2.00 bits per heavy atom. The maximum absolute atomic E-state index is 12.2. The van der Waals surface area contributed by atoms with Crippen molar-refractivity contribution in [1.82, 2.24) is 4.31 Å². The number of benzene rings is 1. The minimum absolute atomic E-state index is 0.0170. The smallest absolute Gasteiger partial charge is 0.404 e. The lowest BCUT2D eigenvalue weighted by Crippen LogP contribution is -2.19. The third-order valence-electron chi connectivity index (χ3n) is 1.78. The van der Waals surface area contributed by atoms with Gasteiger partial charge in [-0.05, 0) is 44.2 Å². The molecule has 0 aliphatic carbocycles. The van der Waals surface area contributed by atoms with Crippen molar-refractivity contribution in [3.63, 3.8) is 0 Å². The van der Waals surface area contributed by atoms with E-state index in [2.05, 4.69) is 10.1 Å². The van der Waals surface area contributed by atoms with Gasteiger partial charge in [-0.3, -0.25) is 9.10 Å². The molecule has 19 heavy (non-hydrogen) atoms. The number of halogens is 3. The van der Waals surface area contributed by atoms with Gasteiger partial charge in [-0.1, -0.05) is 0 Å². The lowest BCUT2D eigenvalue weighted by Gasteiger charge is -2.15. The number of alkyl halides is 3. The molecule has 1 amide bonds. The third-order valence-corrected chi connectivity index (χ3v) is 2.61. The summed E-state index contributed by atoms with van der Waals surface area (Å²) < 4.78 is 42.3. The molecule has 0 bridgehead atoms. The number of anilines is 1. The summed E-state index contributed by atoms with van der Waals surface area (Å²) in [5, 5.41) is 2.31. The predicted octanol–water partition coefficient (Wildman–Crippen LogP) is 3.11. The van der Waals surface area contributed by atoms with E-state index in [0.29, 0.717) is 4.90 Å². The van der Waals surface area contributed by atoms with Crippen LogP contribution in [0.3, 0.4) is 0 Å². The van der Waals surface area contributed by atoms with Gasteiger partial charge < -0.3 is 10.1 Å². The Morgan fingerprint density at radius 3 is 2.47 bits per heavy atom. The summed E-state index contributed by atoms with van der Waals surface area (Å²) in [4.78, 5) is 11.7. The van der Waals surface area contributed by atoms with Crippen LogP contribution in [0.25, 0.3) is 0 Å². The second kappa shape index (κ2) is 6.16. The van der Waals surface area contributed by atoms with E-state index in [0.717, 1.165) is 0 Å². The van der Waals surface area contributed by atoms with E-state index in [1.807, 2.05) is 0 Å². The van der Waals surface area contributed by atoms with E-state index in [1.165, 1.54) is 37.1 Å². The van der Waals surface area contributed by atoms with Gasteiger partial charge in [0.2, 0.25) is 5.91 Å². The zero-order valence-electron chi connectivity index (χ0n) is 10.5. The fourth-order valence-corrected chi connectivity index (χ4v) is 2.00. The van der Waals surface area contributed by atoms with E-state index in [9.17, 15) is 18.0 Å². The van der Waals surface area contributed by atoms with Gasteiger partial charge in [0.25, 0.3) is 0 Å². The highest BCUT2D eigenvalue weighted by atomic mass is 32.2. The highest BCUT2D eigenvalue weighted by Crippen LogP contribution is 2.34. The normalized spacial score (nSPS) is 11.5. The molecule has 0 radical (unpaired) electrons. The Labute approximate surface area is 113 Å². The van der Waals surface area contributed by atoms with Crippen molar-refractivity contribution in [1.29, 1.82) is 0 Å². The largest absolute Gasteiger partial charge is 0.573 e. The molecule has 1 aromatic carbocycles. The quantitative estimate of drug-likeness (QED) is 0.866. The van der Waals surface area contributed by atoms with Crippen LogP contribution in [0.4, 0.5) is 18.9 Å². The average molecular weight is 294 g/mol. The summed E-state index contributed by atoms with van der Waals surface area (Å²) in [7, 11) is 3.59. The lowest BCUT2D eigenvalue weighted by molar-refractivity contribution is -0.274. The summed E-state index contributed by atoms with van der Waals surface area (Å²) in [5.41, 5.74) is -0.0170. The zero-order chi connectivity index (χ0) is 14.6. The number of hydrogen-bond donors (Lipinski definition) is 1. The first-order chi connectivity index (χ1) is 8.67. The molecule has 1 N–H and O–H groups in total. The molecule has 0 atom stereocenters. The summed E-state index contributed by atoms with van der Waals surface area (Å²) in [6.45, 7) is 1.21. The van der Waals surface area contributed by atoms with Gasteiger partial charge in [-0.25, -0.2) is 0 Å². The number of carbonyl (C=O) groups excluding carboxylic acids is 1. The van der Waals surface area contributed by atoms with Crippen LogP contribution in [0.1, 0.15) is 6.92 Å². The molecule has 0 unspecified atom stereocenters. The van der Waals surface area contributed by atoms with Crippen LogP contribution < -0.4 is 10.1 Å². The number of amides is 1. The molecule has 4 nitrogen and oxygen atoms in total. The van der Waals surface area contributed by atoms with Crippen molar-refractivity contribution in [2.24, 2.45) is 0 Å². The Balaban J connectivity index is 3.05. The molecule has 0 fully saturated rings. The minimum Gasteiger partial charge on any atom is -0.404 e. The Kier molecular flexibility index (Phi) is 5.07. The molecular formula is C11H13F3N2O2S. The minimum atomic E-state index is -4.80. The average Bonchev–Trinajstić information content (AvgIpc) is 2.18. The molecule has 1 rings (SSSR count). The maximum atomic E-state index is 12.2. The van der Waals surface area contributed by atoms with Gasteiger partial charge >= 0.3 is 6.36 Å². The first kappa shape index (κ1) is 15.6. The van der Waals surface area contributed by atoms with E-state index >= 15 is 0 Å². The standard InChI is InChI=1S/C11H13F3N2O2S/c1-7(17)15-9-6-8(19-16(2)3)4-5-10(9)18-11(12,13)14/h4-6H,1-3H3,(H,15,17). The Hall–Kier alpha value is -1.41. The summed E-state index contributed by atoms with van der Waals surface area (Å²) in [6, 6.07) is 4.08. The first-order valence-corrected chi connectivity index (χ1v) is 5.97. The van der Waals surface area contributed by atoms with Crippen molar-refractivity contribution < 1.29 is 22.7 Å². The van der Waals surface area contributed by atoms with Crippen LogP contribution >= 0.6 is 11.9 Å². The van der Waals surface area contributed by atoms with Gasteiger partial charge in [0.15, 0.2) is 5.75 Å². The molecule has 8 heteroatoms. The third kappa shape index (κ3) is 5.84. The molecule has 0 saturated heterocycles. The maximum Gasteiger partial charge on any atom is 0.573 e. The van der Waals surface area contributed by atoms with Gasteiger partial charge in [0, 0.05) is 11.8 Å². The molecule has 1 aromatic rings. The number of hydrogen-bond acceptors (Lipinski definition) is 4. The molecule has 0 aliphatic heterocycles. The SMILES string of the molecule is CC(=O)Nc1cc(SN(C)C)ccc1OC(F)(F)F. The van der Waals surface area contributed by atoms with Gasteiger partial charge in [0.05, 0.1) is 5.69 Å². The molecule has 0 aliphatic rings. The number of nitrogens with one attached hydrogen (secondary N) is 1. The van der Waals surface area contributed by atoms with Crippen LogP contribution in [0.2, 0.25) is 0 Å². The van der Waals surface area contributed by atoms with E-state index in [4.69, 9.17) is 0 Å². The van der Waals surface area contributed by atoms with E-state index < -0.39 is 18.0 Å². The van der Waals surface area contributed by atoms with Crippen LogP contribution in [0.5, 0.6) is 5.75 Å². The lowest BCUT2D eigenvalue weighted by atomic mass is 10.3. The number of rotatable bonds is 4. The van der Waals surface area contributed by atoms with Crippen LogP contribution in [0.15, 0.2) is 23.1 Å². The summed E-state index contributed by atoms with van der Waals surface area (Å²) in [6.07, 6.45) is -4.80. The highest BCUT2D eigenvalue weighted by molar-refractivity contribution is 7.97. The molecule has 106 valence electrons. The second-order valence-corrected chi connectivity index (χ2v) is 5.17. The fraction of sp³-hybridized carbons (Fsp3) is 0.364. The second-order valence-electron chi connectivity index (χ2n) is 3.79. The van der Waals surface area contributed by atoms with E-state index in [1.54, 1.807) is 18.4 Å². The molecule has 0 aromatic heterocycles. The van der Waals surface area contributed by atoms with Crippen molar-refractivity contribution in [2.75, 3.05) is 19.4 Å². The first-order valence-electron chi connectivity index (χ1n) is 5.20. The Bertz CT molecular complexity index is 464. The van der Waals surface area contributed by atoms with Crippen molar-refractivity contribution in [3.8, 4) is 5.75 Å². The van der Waals surface area contributed by atoms with Crippen LogP contribution in [-0.2, 0) is 4.79 Å². The van der Waals surface area contributed by atoms with Gasteiger partial charge in [-0.15, -0.1) is 13.2 Å². The number of nitrogens with zero attached hydrogens (tertiary/aromatic N) is 1. The van der Waals surface area contributed by atoms with Crippen molar-refractivity contribution in [2.45, 2.75) is 18.2 Å². The van der Waals surface area contributed by atoms with E-state index in [-0.39, 0.29) is 5.69 Å². The zero-order valence-corrected chi connectivity index (χ0v) is 11.4. The van der Waals surface area contributed by atoms with Gasteiger partial charge in [-0.2, -0.15) is 0 Å². The van der Waals surface area contributed by atoms with Crippen LogP contribution in [-0.4, -0.2) is 30.7 Å². The Morgan fingerprint density at radius 1 is 1.37 bits per heavy atom. The molecule has 0 heterocycles. The summed E-state index contributed by atoms with van der Waals surface area (Å²) in [5.74, 6) is -0.912. The highest BCUT2D eigenvalue weighted by Gasteiger charge is 2.32. The van der Waals surface area contributed by atoms with Crippen LogP contribution in [0, 0.1) is 0 Å². The van der Waals surface area contributed by atoms with Crippen molar-refractivity contribution >= 4 is 23.5 Å². The fourth-order valence-electron chi connectivity index (χ4n) is 1.28. The topological polar surface area (TPSA) is 41.6 Å². The van der Waals surface area contributed by atoms with Crippen molar-refractivity contribution in [3.05, 3.63) is 18.2 Å². The molecule has 0 spiro atoms. The molecule has 0 saturated carbocycles. The number of ether oxygens (including phenoxy) is 1. The molecular weight excluding hydrogens is 281 g/mol. The van der Waals surface area contributed by atoms with Gasteiger partial charge in [0.1, 0.15) is 0 Å². The summed E-state index contributed by atoms with van der Waals surface area (Å²) >= 11 is 1.31. The monoisotopic (exact) mass is 294 g/mol.